The van der Waals surface area contributed by atoms with Crippen molar-refractivity contribution in [2.45, 2.75) is 64.7 Å². The van der Waals surface area contributed by atoms with Crippen molar-refractivity contribution in [3.8, 4) is 5.88 Å². The first-order valence-electron chi connectivity index (χ1n) is 7.68. The molecule has 0 amide bonds. The van der Waals surface area contributed by atoms with Gasteiger partial charge in [-0.2, -0.15) is 0 Å². The first-order chi connectivity index (χ1) is 9.69. The Kier molecular flexibility index (Phi) is 5.65. The van der Waals surface area contributed by atoms with E-state index in [1.807, 2.05) is 26.0 Å². The third kappa shape index (κ3) is 4.37. The van der Waals surface area contributed by atoms with Crippen molar-refractivity contribution >= 4 is 5.69 Å². The highest BCUT2D eigenvalue weighted by Crippen LogP contribution is 2.26. The molecule has 0 radical (unpaired) electrons. The van der Waals surface area contributed by atoms with Gasteiger partial charge in [-0.1, -0.05) is 13.3 Å². The molecule has 20 heavy (non-hydrogen) atoms. The Bertz CT molecular complexity index is 407. The Hall–Kier alpha value is -1.29. The van der Waals surface area contributed by atoms with Crippen LogP contribution in [0.3, 0.4) is 0 Å². The minimum Gasteiger partial charge on any atom is -0.473 e. The molecule has 1 N–H and O–H groups in total. The SMILES string of the molecule is CCCC1CC(Nc2cccnc2OC(C)C)CCO1. The van der Waals surface area contributed by atoms with Gasteiger partial charge in [0.1, 0.15) is 0 Å². The van der Waals surface area contributed by atoms with Crippen LogP contribution in [-0.2, 0) is 4.74 Å². The standard InChI is InChI=1S/C16H26N2O2/c1-4-6-14-11-13(8-10-19-14)18-15-7-5-9-17-16(15)20-12(2)3/h5,7,9,12-14,18H,4,6,8,10-11H2,1-3H3. The van der Waals surface area contributed by atoms with E-state index in [-0.39, 0.29) is 6.10 Å². The maximum absolute atomic E-state index is 5.79. The second-order valence-corrected chi connectivity index (χ2v) is 5.67. The summed E-state index contributed by atoms with van der Waals surface area (Å²) in [5, 5.41) is 3.58. The zero-order chi connectivity index (χ0) is 14.4. The number of hydrogen-bond acceptors (Lipinski definition) is 4. The maximum atomic E-state index is 5.79. The van der Waals surface area contributed by atoms with E-state index in [0.29, 0.717) is 18.0 Å². The first kappa shape index (κ1) is 15.1. The van der Waals surface area contributed by atoms with Crippen molar-refractivity contribution in [1.29, 1.82) is 0 Å². The van der Waals surface area contributed by atoms with Gasteiger partial charge in [-0.25, -0.2) is 4.98 Å². The first-order valence-corrected chi connectivity index (χ1v) is 7.68. The van der Waals surface area contributed by atoms with E-state index in [1.165, 1.54) is 6.42 Å². The highest BCUT2D eigenvalue weighted by Gasteiger charge is 2.22. The molecule has 4 heteroatoms. The molecule has 1 fully saturated rings. The molecule has 1 aromatic rings. The second kappa shape index (κ2) is 7.48. The van der Waals surface area contributed by atoms with E-state index in [4.69, 9.17) is 9.47 Å². The van der Waals surface area contributed by atoms with Crippen molar-refractivity contribution in [2.75, 3.05) is 11.9 Å². The Morgan fingerprint density at radius 1 is 1.50 bits per heavy atom. The van der Waals surface area contributed by atoms with Crippen molar-refractivity contribution in [3.05, 3.63) is 18.3 Å². The van der Waals surface area contributed by atoms with Crippen LogP contribution in [0.5, 0.6) is 5.88 Å². The Balaban J connectivity index is 1.98. The van der Waals surface area contributed by atoms with Crippen LogP contribution in [0, 0.1) is 0 Å². The summed E-state index contributed by atoms with van der Waals surface area (Å²) in [5.41, 5.74) is 0.989. The molecule has 1 aromatic heterocycles. The van der Waals surface area contributed by atoms with E-state index in [2.05, 4.69) is 17.2 Å². The van der Waals surface area contributed by atoms with Crippen LogP contribution in [0.15, 0.2) is 18.3 Å². The van der Waals surface area contributed by atoms with Crippen molar-refractivity contribution in [3.63, 3.8) is 0 Å². The molecule has 2 atom stereocenters. The molecule has 0 aromatic carbocycles. The Labute approximate surface area is 121 Å². The van der Waals surface area contributed by atoms with Crippen LogP contribution in [0.1, 0.15) is 46.5 Å². The molecule has 2 unspecified atom stereocenters. The molecular weight excluding hydrogens is 252 g/mol. The van der Waals surface area contributed by atoms with Gasteiger partial charge in [0, 0.05) is 18.8 Å². The molecule has 0 spiro atoms. The molecule has 0 saturated carbocycles. The van der Waals surface area contributed by atoms with Gasteiger partial charge in [0.15, 0.2) is 0 Å². The van der Waals surface area contributed by atoms with Gasteiger partial charge in [-0.15, -0.1) is 0 Å². The highest BCUT2D eigenvalue weighted by molar-refractivity contribution is 5.52. The zero-order valence-corrected chi connectivity index (χ0v) is 12.8. The van der Waals surface area contributed by atoms with Crippen LogP contribution >= 0.6 is 0 Å². The van der Waals surface area contributed by atoms with Crippen LogP contribution in [-0.4, -0.2) is 29.8 Å². The number of nitrogens with one attached hydrogen (secondary N) is 1. The lowest BCUT2D eigenvalue weighted by atomic mass is 10.00. The molecule has 4 nitrogen and oxygen atoms in total. The molecule has 0 aliphatic carbocycles. The van der Waals surface area contributed by atoms with Crippen molar-refractivity contribution < 1.29 is 9.47 Å². The molecule has 2 heterocycles. The highest BCUT2D eigenvalue weighted by atomic mass is 16.5. The van der Waals surface area contributed by atoms with Crippen molar-refractivity contribution in [2.24, 2.45) is 0 Å². The summed E-state index contributed by atoms with van der Waals surface area (Å²) in [7, 11) is 0. The number of anilines is 1. The van der Waals surface area contributed by atoms with Gasteiger partial charge in [0.2, 0.25) is 5.88 Å². The van der Waals surface area contributed by atoms with Gasteiger partial charge in [-0.05, 0) is 45.2 Å². The van der Waals surface area contributed by atoms with E-state index >= 15 is 0 Å². The summed E-state index contributed by atoms with van der Waals surface area (Å²) in [5.74, 6) is 0.695. The lowest BCUT2D eigenvalue weighted by molar-refractivity contribution is 0.00592. The fourth-order valence-electron chi connectivity index (χ4n) is 2.57. The second-order valence-electron chi connectivity index (χ2n) is 5.67. The molecule has 2 rings (SSSR count). The smallest absolute Gasteiger partial charge is 0.237 e. The fraction of sp³-hybridized carbons (Fsp3) is 0.688. The van der Waals surface area contributed by atoms with E-state index in [1.54, 1.807) is 6.20 Å². The fourth-order valence-corrected chi connectivity index (χ4v) is 2.57. The normalized spacial score (nSPS) is 22.8. The van der Waals surface area contributed by atoms with Gasteiger partial charge < -0.3 is 14.8 Å². The largest absolute Gasteiger partial charge is 0.473 e. The minimum atomic E-state index is 0.132. The quantitative estimate of drug-likeness (QED) is 0.863. The number of hydrogen-bond donors (Lipinski definition) is 1. The predicted octanol–water partition coefficient (Wildman–Crippen LogP) is 3.63. The lowest BCUT2D eigenvalue weighted by Crippen LogP contribution is -2.34. The van der Waals surface area contributed by atoms with Gasteiger partial charge >= 0.3 is 0 Å². The summed E-state index contributed by atoms with van der Waals surface area (Å²) in [6.45, 7) is 7.08. The molecule has 0 bridgehead atoms. The van der Waals surface area contributed by atoms with Gasteiger partial charge in [0.05, 0.1) is 17.9 Å². The number of ether oxygens (including phenoxy) is 2. The maximum Gasteiger partial charge on any atom is 0.237 e. The third-order valence-electron chi connectivity index (χ3n) is 3.46. The summed E-state index contributed by atoms with van der Waals surface area (Å²) in [4.78, 5) is 4.32. The van der Waals surface area contributed by atoms with Crippen molar-refractivity contribution in [1.82, 2.24) is 4.98 Å². The molecule has 1 saturated heterocycles. The van der Waals surface area contributed by atoms with Gasteiger partial charge in [-0.3, -0.25) is 0 Å². The molecular formula is C16H26N2O2. The van der Waals surface area contributed by atoms with Crippen LogP contribution in [0.4, 0.5) is 5.69 Å². The van der Waals surface area contributed by atoms with Gasteiger partial charge in [0.25, 0.3) is 0 Å². The predicted molar refractivity (Wildman–Crippen MR) is 81.3 cm³/mol. The topological polar surface area (TPSA) is 43.4 Å². The number of pyridine rings is 1. The lowest BCUT2D eigenvalue weighted by Gasteiger charge is -2.31. The molecule has 1 aliphatic rings. The average molecular weight is 278 g/mol. The average Bonchev–Trinajstić information content (AvgIpc) is 2.41. The van der Waals surface area contributed by atoms with Crippen LogP contribution in [0.25, 0.3) is 0 Å². The summed E-state index contributed by atoms with van der Waals surface area (Å²) in [6, 6.07) is 4.42. The Morgan fingerprint density at radius 2 is 2.35 bits per heavy atom. The molecule has 112 valence electrons. The summed E-state index contributed by atoms with van der Waals surface area (Å²) in [6.07, 6.45) is 6.70. The van der Waals surface area contributed by atoms with Crippen LogP contribution in [0.2, 0.25) is 0 Å². The summed E-state index contributed by atoms with van der Waals surface area (Å²) >= 11 is 0. The number of rotatable bonds is 6. The monoisotopic (exact) mass is 278 g/mol. The van der Waals surface area contributed by atoms with E-state index in [9.17, 15) is 0 Å². The third-order valence-corrected chi connectivity index (χ3v) is 3.46. The molecule has 1 aliphatic heterocycles. The summed E-state index contributed by atoms with van der Waals surface area (Å²) < 4.78 is 11.6. The van der Waals surface area contributed by atoms with E-state index in [0.717, 1.165) is 31.6 Å². The minimum absolute atomic E-state index is 0.132. The van der Waals surface area contributed by atoms with Crippen LogP contribution < -0.4 is 10.1 Å². The number of nitrogens with zero attached hydrogens (tertiary/aromatic N) is 1. The number of aromatic nitrogens is 1. The Morgan fingerprint density at radius 3 is 3.10 bits per heavy atom. The van der Waals surface area contributed by atoms with E-state index < -0.39 is 0 Å². The zero-order valence-electron chi connectivity index (χ0n) is 12.8.